The Labute approximate surface area is 117 Å². The van der Waals surface area contributed by atoms with E-state index in [-0.39, 0.29) is 0 Å². The van der Waals surface area contributed by atoms with Crippen LogP contribution in [-0.2, 0) is 10.0 Å². The van der Waals surface area contributed by atoms with Crippen molar-refractivity contribution in [2.24, 2.45) is 0 Å². The second-order valence-corrected chi connectivity index (χ2v) is 7.64. The molecule has 0 bridgehead atoms. The third-order valence-corrected chi connectivity index (χ3v) is 5.83. The van der Waals surface area contributed by atoms with E-state index in [9.17, 15) is 8.42 Å². The highest BCUT2D eigenvalue weighted by Crippen LogP contribution is 2.30. The van der Waals surface area contributed by atoms with E-state index in [0.717, 1.165) is 16.0 Å². The molecule has 6 heteroatoms. The van der Waals surface area contributed by atoms with Crippen molar-refractivity contribution in [3.05, 3.63) is 40.3 Å². The van der Waals surface area contributed by atoms with Gasteiger partial charge in [0.05, 0.1) is 11.4 Å². The van der Waals surface area contributed by atoms with Crippen LogP contribution < -0.4 is 10.5 Å². The zero-order valence-electron chi connectivity index (χ0n) is 11.0. The summed E-state index contributed by atoms with van der Waals surface area (Å²) in [5.74, 6) is 0. The molecule has 0 aliphatic heterocycles. The van der Waals surface area contributed by atoms with E-state index in [1.54, 1.807) is 18.2 Å². The van der Waals surface area contributed by atoms with E-state index in [1.165, 1.54) is 11.3 Å². The Morgan fingerprint density at radius 1 is 1.11 bits per heavy atom. The van der Waals surface area contributed by atoms with Crippen molar-refractivity contribution in [3.63, 3.8) is 0 Å². The Morgan fingerprint density at radius 2 is 1.79 bits per heavy atom. The molecule has 0 atom stereocenters. The van der Waals surface area contributed by atoms with Crippen LogP contribution in [0.2, 0.25) is 0 Å². The minimum atomic E-state index is -3.57. The SMILES string of the molecule is Cc1ccc(S(=O)(=O)Nc2c(N)ccc(C)c2C)s1. The van der Waals surface area contributed by atoms with Gasteiger partial charge < -0.3 is 5.73 Å². The average Bonchev–Trinajstić information content (AvgIpc) is 2.77. The topological polar surface area (TPSA) is 72.2 Å². The number of nitrogens with one attached hydrogen (secondary N) is 1. The van der Waals surface area contributed by atoms with Gasteiger partial charge in [0, 0.05) is 4.88 Å². The van der Waals surface area contributed by atoms with Crippen LogP contribution in [0, 0.1) is 20.8 Å². The van der Waals surface area contributed by atoms with Gasteiger partial charge in [-0.05, 0) is 50.1 Å². The average molecular weight is 296 g/mol. The van der Waals surface area contributed by atoms with Gasteiger partial charge in [0.2, 0.25) is 0 Å². The Balaban J connectivity index is 2.44. The summed E-state index contributed by atoms with van der Waals surface area (Å²) in [7, 11) is -3.57. The van der Waals surface area contributed by atoms with E-state index in [4.69, 9.17) is 5.73 Å². The molecule has 0 saturated heterocycles. The maximum atomic E-state index is 12.3. The molecule has 0 aliphatic carbocycles. The lowest BCUT2D eigenvalue weighted by Gasteiger charge is -2.13. The summed E-state index contributed by atoms with van der Waals surface area (Å²) < 4.78 is 27.4. The summed E-state index contributed by atoms with van der Waals surface area (Å²) in [5.41, 5.74) is 8.59. The van der Waals surface area contributed by atoms with Gasteiger partial charge in [0.15, 0.2) is 0 Å². The molecule has 1 aromatic carbocycles. The molecule has 2 rings (SSSR count). The number of rotatable bonds is 3. The molecular weight excluding hydrogens is 280 g/mol. The first-order chi connectivity index (χ1) is 8.81. The van der Waals surface area contributed by atoms with Crippen LogP contribution in [0.4, 0.5) is 11.4 Å². The quantitative estimate of drug-likeness (QED) is 0.855. The standard InChI is InChI=1S/C13H16N2O2S2/c1-8-4-6-11(14)13(10(8)3)15-19(16,17)12-7-5-9(2)18-12/h4-7,15H,14H2,1-3H3. The van der Waals surface area contributed by atoms with Crippen LogP contribution in [0.5, 0.6) is 0 Å². The number of anilines is 2. The molecule has 0 aliphatic rings. The van der Waals surface area contributed by atoms with Crippen molar-refractivity contribution >= 4 is 32.7 Å². The second-order valence-electron chi connectivity index (χ2n) is 4.44. The molecule has 19 heavy (non-hydrogen) atoms. The monoisotopic (exact) mass is 296 g/mol. The lowest BCUT2D eigenvalue weighted by molar-refractivity contribution is 0.603. The van der Waals surface area contributed by atoms with Gasteiger partial charge in [-0.1, -0.05) is 6.07 Å². The van der Waals surface area contributed by atoms with Gasteiger partial charge in [0.25, 0.3) is 10.0 Å². The maximum Gasteiger partial charge on any atom is 0.271 e. The molecular formula is C13H16N2O2S2. The first-order valence-electron chi connectivity index (χ1n) is 5.76. The molecule has 2 aromatic rings. The first-order valence-corrected chi connectivity index (χ1v) is 8.06. The lowest BCUT2D eigenvalue weighted by Crippen LogP contribution is -2.14. The van der Waals surface area contributed by atoms with Crippen LogP contribution in [0.1, 0.15) is 16.0 Å². The molecule has 0 saturated carbocycles. The molecule has 0 unspecified atom stereocenters. The second kappa shape index (κ2) is 4.86. The van der Waals surface area contributed by atoms with Gasteiger partial charge >= 0.3 is 0 Å². The van der Waals surface area contributed by atoms with E-state index < -0.39 is 10.0 Å². The number of hydrogen-bond acceptors (Lipinski definition) is 4. The molecule has 0 radical (unpaired) electrons. The third-order valence-electron chi connectivity index (χ3n) is 2.99. The summed E-state index contributed by atoms with van der Waals surface area (Å²) in [6, 6.07) is 6.97. The largest absolute Gasteiger partial charge is 0.397 e. The van der Waals surface area contributed by atoms with Crippen molar-refractivity contribution < 1.29 is 8.42 Å². The fourth-order valence-electron chi connectivity index (χ4n) is 1.71. The molecule has 102 valence electrons. The van der Waals surface area contributed by atoms with Gasteiger partial charge in [0.1, 0.15) is 4.21 Å². The molecule has 0 fully saturated rings. The van der Waals surface area contributed by atoms with Crippen molar-refractivity contribution in [3.8, 4) is 0 Å². The van der Waals surface area contributed by atoms with Crippen LogP contribution in [-0.4, -0.2) is 8.42 Å². The highest BCUT2D eigenvalue weighted by molar-refractivity contribution is 7.94. The van der Waals surface area contributed by atoms with Crippen LogP contribution >= 0.6 is 11.3 Å². The molecule has 1 aromatic heterocycles. The molecule has 0 spiro atoms. The fraction of sp³-hybridized carbons (Fsp3) is 0.231. The number of sulfonamides is 1. The Kier molecular flexibility index (Phi) is 3.56. The van der Waals surface area contributed by atoms with Gasteiger partial charge in [-0.2, -0.15) is 0 Å². The van der Waals surface area contributed by atoms with E-state index in [1.807, 2.05) is 26.8 Å². The third kappa shape index (κ3) is 2.74. The van der Waals surface area contributed by atoms with Crippen LogP contribution in [0.3, 0.4) is 0 Å². The number of benzene rings is 1. The molecule has 0 amide bonds. The van der Waals surface area contributed by atoms with Crippen molar-refractivity contribution in [2.45, 2.75) is 25.0 Å². The Morgan fingerprint density at radius 3 is 2.37 bits per heavy atom. The summed E-state index contributed by atoms with van der Waals surface area (Å²) in [5, 5.41) is 0. The minimum Gasteiger partial charge on any atom is -0.397 e. The maximum absolute atomic E-state index is 12.3. The van der Waals surface area contributed by atoms with Crippen LogP contribution in [0.25, 0.3) is 0 Å². The molecule has 1 heterocycles. The minimum absolute atomic E-state index is 0.297. The number of aryl methyl sites for hydroxylation is 2. The van der Waals surface area contributed by atoms with E-state index in [2.05, 4.69) is 4.72 Å². The van der Waals surface area contributed by atoms with Gasteiger partial charge in [-0.25, -0.2) is 8.42 Å². The van der Waals surface area contributed by atoms with Crippen molar-refractivity contribution in [2.75, 3.05) is 10.5 Å². The number of nitrogens with two attached hydrogens (primary N) is 1. The number of nitrogen functional groups attached to an aromatic ring is 1. The molecule has 3 N–H and O–H groups in total. The zero-order chi connectivity index (χ0) is 14.2. The predicted molar refractivity (Wildman–Crippen MR) is 80.2 cm³/mol. The van der Waals surface area contributed by atoms with E-state index >= 15 is 0 Å². The normalized spacial score (nSPS) is 11.5. The van der Waals surface area contributed by atoms with Crippen LogP contribution in [0.15, 0.2) is 28.5 Å². The zero-order valence-corrected chi connectivity index (χ0v) is 12.7. The lowest BCUT2D eigenvalue weighted by atomic mass is 10.1. The fourth-order valence-corrected chi connectivity index (χ4v) is 4.15. The summed E-state index contributed by atoms with van der Waals surface area (Å²) in [4.78, 5) is 0.953. The highest BCUT2D eigenvalue weighted by Gasteiger charge is 2.19. The van der Waals surface area contributed by atoms with E-state index in [0.29, 0.717) is 15.6 Å². The number of thiophene rings is 1. The smallest absolute Gasteiger partial charge is 0.271 e. The number of hydrogen-bond donors (Lipinski definition) is 2. The summed E-state index contributed by atoms with van der Waals surface area (Å²) in [6.45, 7) is 5.64. The predicted octanol–water partition coefficient (Wildman–Crippen LogP) is 3.06. The highest BCUT2D eigenvalue weighted by atomic mass is 32.2. The Hall–Kier alpha value is -1.53. The summed E-state index contributed by atoms with van der Waals surface area (Å²) >= 11 is 1.24. The van der Waals surface area contributed by atoms with Crippen molar-refractivity contribution in [1.29, 1.82) is 0 Å². The first kappa shape index (κ1) is 13.9. The Bertz CT molecular complexity index is 718. The van der Waals surface area contributed by atoms with Crippen molar-refractivity contribution in [1.82, 2.24) is 0 Å². The van der Waals surface area contributed by atoms with Gasteiger partial charge in [-0.15, -0.1) is 11.3 Å². The summed E-state index contributed by atoms with van der Waals surface area (Å²) in [6.07, 6.45) is 0. The van der Waals surface area contributed by atoms with Gasteiger partial charge in [-0.3, -0.25) is 4.72 Å². The molecule has 4 nitrogen and oxygen atoms in total.